The van der Waals surface area contributed by atoms with E-state index in [4.69, 9.17) is 9.15 Å². The van der Waals surface area contributed by atoms with Gasteiger partial charge in [-0.2, -0.15) is 0 Å². The SMILES string of the molecule is CCCCc1oc2ccc(C(=O)OC)cc2c1C(=O)c1ccc(CCCN(CCCC)CCCC)cc1. The number of hydrogen-bond donors (Lipinski definition) is 0. The monoisotopic (exact) mass is 505 g/mol. The van der Waals surface area contributed by atoms with Crippen LogP contribution < -0.4 is 0 Å². The van der Waals surface area contributed by atoms with Crippen LogP contribution in [0.3, 0.4) is 0 Å². The third kappa shape index (κ3) is 7.78. The standard InChI is InChI=1S/C32H43NO4/c1-5-8-13-29-30(27-23-26(32(35)36-4)18-19-28(27)37-29)31(34)25-16-14-24(15-17-25)12-11-22-33(20-9-6-2)21-10-7-3/h14-19,23H,5-13,20-22H2,1-4H3. The van der Waals surface area contributed by atoms with Crippen LogP contribution in [-0.4, -0.2) is 43.4 Å². The minimum atomic E-state index is -0.427. The number of methoxy groups -OCH3 is 1. The van der Waals surface area contributed by atoms with Crippen molar-refractivity contribution in [3.8, 4) is 0 Å². The molecule has 0 amide bonds. The maximum absolute atomic E-state index is 13.7. The maximum atomic E-state index is 13.7. The molecule has 0 N–H and O–H groups in total. The number of esters is 1. The molecule has 0 aliphatic carbocycles. The van der Waals surface area contributed by atoms with Gasteiger partial charge < -0.3 is 14.1 Å². The first kappa shape index (κ1) is 28.6. The summed E-state index contributed by atoms with van der Waals surface area (Å²) in [6.45, 7) is 10.1. The third-order valence-corrected chi connectivity index (χ3v) is 6.98. The van der Waals surface area contributed by atoms with Crippen LogP contribution in [0.5, 0.6) is 0 Å². The van der Waals surface area contributed by atoms with Crippen LogP contribution in [-0.2, 0) is 17.6 Å². The number of hydrogen-bond acceptors (Lipinski definition) is 5. The average molecular weight is 506 g/mol. The van der Waals surface area contributed by atoms with Crippen LogP contribution >= 0.6 is 0 Å². The number of fused-ring (bicyclic) bond motifs is 1. The van der Waals surface area contributed by atoms with Gasteiger partial charge in [-0.05, 0) is 75.5 Å². The first-order valence-electron chi connectivity index (χ1n) is 14.0. The molecule has 37 heavy (non-hydrogen) atoms. The number of aryl methyl sites for hydroxylation is 2. The van der Waals surface area contributed by atoms with Crippen LogP contribution in [0.15, 0.2) is 46.9 Å². The Morgan fingerprint density at radius 1 is 0.784 bits per heavy atom. The second-order valence-electron chi connectivity index (χ2n) is 9.88. The molecule has 0 unspecified atom stereocenters. The fourth-order valence-electron chi connectivity index (χ4n) is 4.73. The van der Waals surface area contributed by atoms with Crippen molar-refractivity contribution in [2.75, 3.05) is 26.7 Å². The predicted octanol–water partition coefficient (Wildman–Crippen LogP) is 7.63. The first-order valence-corrected chi connectivity index (χ1v) is 14.0. The smallest absolute Gasteiger partial charge is 0.337 e. The van der Waals surface area contributed by atoms with Crippen molar-refractivity contribution < 1.29 is 18.7 Å². The number of ketones is 1. The van der Waals surface area contributed by atoms with E-state index in [1.54, 1.807) is 18.2 Å². The van der Waals surface area contributed by atoms with Crippen LogP contribution in [0, 0.1) is 0 Å². The van der Waals surface area contributed by atoms with Crippen molar-refractivity contribution in [2.24, 2.45) is 0 Å². The van der Waals surface area contributed by atoms with Crippen molar-refractivity contribution in [2.45, 2.75) is 78.6 Å². The van der Waals surface area contributed by atoms with Gasteiger partial charge in [0.05, 0.1) is 18.2 Å². The summed E-state index contributed by atoms with van der Waals surface area (Å²) in [5.74, 6) is 0.194. The summed E-state index contributed by atoms with van der Waals surface area (Å²) in [4.78, 5) is 28.4. The molecule has 1 heterocycles. The van der Waals surface area contributed by atoms with E-state index in [0.29, 0.717) is 39.8 Å². The van der Waals surface area contributed by atoms with Gasteiger partial charge in [-0.15, -0.1) is 0 Å². The molecule has 3 rings (SSSR count). The van der Waals surface area contributed by atoms with Gasteiger partial charge in [0, 0.05) is 17.4 Å². The number of carbonyl (C=O) groups excluding carboxylic acids is 2. The predicted molar refractivity (Wildman–Crippen MR) is 151 cm³/mol. The summed E-state index contributed by atoms with van der Waals surface area (Å²) < 4.78 is 11.0. The Labute approximate surface area is 222 Å². The molecular formula is C32H43NO4. The van der Waals surface area contributed by atoms with E-state index in [-0.39, 0.29) is 5.78 Å². The zero-order valence-corrected chi connectivity index (χ0v) is 23.1. The fourth-order valence-corrected chi connectivity index (χ4v) is 4.73. The van der Waals surface area contributed by atoms with Gasteiger partial charge in [-0.3, -0.25) is 4.79 Å². The second kappa shape index (κ2) is 14.7. The van der Waals surface area contributed by atoms with E-state index in [0.717, 1.165) is 32.2 Å². The Kier molecular flexibility index (Phi) is 11.4. The maximum Gasteiger partial charge on any atom is 0.337 e. The zero-order chi connectivity index (χ0) is 26.6. The highest BCUT2D eigenvalue weighted by Gasteiger charge is 2.23. The summed E-state index contributed by atoms with van der Waals surface area (Å²) in [5.41, 5.74) is 3.48. The Balaban J connectivity index is 1.76. The Bertz CT molecular complexity index is 1140. The molecule has 0 spiro atoms. The van der Waals surface area contributed by atoms with Crippen LogP contribution in [0.4, 0.5) is 0 Å². The number of ether oxygens (including phenoxy) is 1. The van der Waals surface area contributed by atoms with Gasteiger partial charge >= 0.3 is 5.97 Å². The molecule has 0 aliphatic rings. The van der Waals surface area contributed by atoms with Crippen molar-refractivity contribution in [3.05, 3.63) is 70.5 Å². The Morgan fingerprint density at radius 3 is 2.03 bits per heavy atom. The quantitative estimate of drug-likeness (QED) is 0.148. The van der Waals surface area contributed by atoms with E-state index in [1.165, 1.54) is 51.4 Å². The molecule has 0 atom stereocenters. The first-order chi connectivity index (χ1) is 18.0. The van der Waals surface area contributed by atoms with Crippen molar-refractivity contribution in [3.63, 3.8) is 0 Å². The van der Waals surface area contributed by atoms with E-state index in [1.807, 2.05) is 12.1 Å². The molecule has 3 aromatic rings. The Morgan fingerprint density at radius 2 is 1.41 bits per heavy atom. The lowest BCUT2D eigenvalue weighted by Crippen LogP contribution is -2.27. The van der Waals surface area contributed by atoms with Crippen LogP contribution in [0.25, 0.3) is 11.0 Å². The van der Waals surface area contributed by atoms with Gasteiger partial charge in [0.25, 0.3) is 0 Å². The molecule has 0 bridgehead atoms. The lowest BCUT2D eigenvalue weighted by molar-refractivity contribution is 0.0600. The van der Waals surface area contributed by atoms with E-state index >= 15 is 0 Å². The summed E-state index contributed by atoms with van der Waals surface area (Å²) in [5, 5.41) is 0.669. The zero-order valence-electron chi connectivity index (χ0n) is 23.1. The van der Waals surface area contributed by atoms with Crippen LogP contribution in [0.1, 0.15) is 103 Å². The molecule has 200 valence electrons. The number of benzene rings is 2. The lowest BCUT2D eigenvalue weighted by Gasteiger charge is -2.21. The van der Waals surface area contributed by atoms with E-state index in [2.05, 4.69) is 37.8 Å². The van der Waals surface area contributed by atoms with E-state index < -0.39 is 5.97 Å². The lowest BCUT2D eigenvalue weighted by atomic mass is 9.96. The second-order valence-corrected chi connectivity index (χ2v) is 9.88. The molecule has 0 fully saturated rings. The summed E-state index contributed by atoms with van der Waals surface area (Å²) >= 11 is 0. The average Bonchev–Trinajstić information content (AvgIpc) is 3.29. The van der Waals surface area contributed by atoms with Gasteiger partial charge in [0.1, 0.15) is 11.3 Å². The fraction of sp³-hybridized carbons (Fsp3) is 0.500. The highest BCUT2D eigenvalue weighted by molar-refractivity contribution is 6.17. The van der Waals surface area contributed by atoms with Crippen molar-refractivity contribution >= 4 is 22.7 Å². The van der Waals surface area contributed by atoms with Gasteiger partial charge in [-0.1, -0.05) is 64.3 Å². The number of furan rings is 1. The number of carbonyl (C=O) groups is 2. The van der Waals surface area contributed by atoms with Gasteiger partial charge in [-0.25, -0.2) is 4.79 Å². The van der Waals surface area contributed by atoms with Crippen LogP contribution in [0.2, 0.25) is 0 Å². The molecule has 2 aromatic carbocycles. The topological polar surface area (TPSA) is 59.8 Å². The molecule has 5 nitrogen and oxygen atoms in total. The molecule has 0 saturated heterocycles. The molecule has 0 aliphatic heterocycles. The molecule has 0 radical (unpaired) electrons. The van der Waals surface area contributed by atoms with E-state index in [9.17, 15) is 9.59 Å². The van der Waals surface area contributed by atoms with Crippen molar-refractivity contribution in [1.82, 2.24) is 4.90 Å². The minimum Gasteiger partial charge on any atom is -0.465 e. The number of nitrogens with zero attached hydrogens (tertiary/aromatic N) is 1. The van der Waals surface area contributed by atoms with Gasteiger partial charge in [0.2, 0.25) is 0 Å². The van der Waals surface area contributed by atoms with Crippen molar-refractivity contribution in [1.29, 1.82) is 0 Å². The van der Waals surface area contributed by atoms with Gasteiger partial charge in [0.15, 0.2) is 5.78 Å². The largest absolute Gasteiger partial charge is 0.465 e. The minimum absolute atomic E-state index is 0.0660. The Hall–Kier alpha value is -2.92. The number of unbranched alkanes of at least 4 members (excludes halogenated alkanes) is 3. The molecular weight excluding hydrogens is 462 g/mol. The molecule has 5 heteroatoms. The molecule has 0 saturated carbocycles. The third-order valence-electron chi connectivity index (χ3n) is 6.98. The molecule has 1 aromatic heterocycles. The number of rotatable bonds is 16. The normalized spacial score (nSPS) is 11.4. The summed E-state index contributed by atoms with van der Waals surface area (Å²) in [6.07, 6.45) is 9.70. The summed E-state index contributed by atoms with van der Waals surface area (Å²) in [7, 11) is 1.36. The highest BCUT2D eigenvalue weighted by atomic mass is 16.5. The highest BCUT2D eigenvalue weighted by Crippen LogP contribution is 2.31. The summed E-state index contributed by atoms with van der Waals surface area (Å²) in [6, 6.07) is 13.1.